The molecule has 3 heterocycles. The molecule has 0 N–H and O–H groups in total. The van der Waals surface area contributed by atoms with E-state index < -0.39 is 0 Å². The van der Waals surface area contributed by atoms with Gasteiger partial charge in [-0.3, -0.25) is 9.59 Å². The third kappa shape index (κ3) is 4.75. The lowest BCUT2D eigenvalue weighted by molar-refractivity contribution is -0.135. The molecular weight excluding hydrogens is 431 g/mol. The standard InChI is InChI=1S/C24H23FN2O4S/c1-2-10-26(24(29)21-7-4-12-30-21)15-23(28)27-11-8-22-19(9-13-32-22)20(27)16-31-18-6-3-5-17(25)14-18/h2-7,9,12-14,20H,1,8,10-11,15-16H2/t20-/m1/s1. The van der Waals surface area contributed by atoms with Gasteiger partial charge in [0.05, 0.1) is 12.3 Å². The first-order valence-electron chi connectivity index (χ1n) is 10.2. The molecule has 0 bridgehead atoms. The summed E-state index contributed by atoms with van der Waals surface area (Å²) in [4.78, 5) is 30.4. The molecule has 4 rings (SSSR count). The molecule has 0 fully saturated rings. The topological polar surface area (TPSA) is 63.0 Å². The van der Waals surface area contributed by atoms with Crippen LogP contribution in [0.2, 0.25) is 0 Å². The first-order valence-corrected chi connectivity index (χ1v) is 11.1. The van der Waals surface area contributed by atoms with Crippen LogP contribution in [0.4, 0.5) is 4.39 Å². The van der Waals surface area contributed by atoms with E-state index in [1.165, 1.54) is 28.2 Å². The number of ether oxygens (including phenoxy) is 1. The quantitative estimate of drug-likeness (QED) is 0.476. The second kappa shape index (κ2) is 9.82. The normalized spacial score (nSPS) is 15.2. The van der Waals surface area contributed by atoms with Gasteiger partial charge in [-0.15, -0.1) is 17.9 Å². The Labute approximate surface area is 189 Å². The fourth-order valence-corrected chi connectivity index (χ4v) is 4.72. The van der Waals surface area contributed by atoms with Crippen LogP contribution in [-0.2, 0) is 11.2 Å². The van der Waals surface area contributed by atoms with Crippen molar-refractivity contribution in [3.63, 3.8) is 0 Å². The molecule has 0 aliphatic carbocycles. The first-order chi connectivity index (χ1) is 15.6. The number of carbonyl (C=O) groups excluding carboxylic acids is 2. The molecule has 8 heteroatoms. The van der Waals surface area contributed by atoms with E-state index in [4.69, 9.17) is 9.15 Å². The van der Waals surface area contributed by atoms with Crippen molar-refractivity contribution in [2.45, 2.75) is 12.5 Å². The maximum atomic E-state index is 13.5. The molecule has 1 atom stereocenters. The van der Waals surface area contributed by atoms with Gasteiger partial charge in [-0.05, 0) is 47.7 Å². The molecule has 0 unspecified atom stereocenters. The average Bonchev–Trinajstić information content (AvgIpc) is 3.48. The summed E-state index contributed by atoms with van der Waals surface area (Å²) < 4.78 is 24.6. The largest absolute Gasteiger partial charge is 0.491 e. The van der Waals surface area contributed by atoms with E-state index >= 15 is 0 Å². The Morgan fingerprint density at radius 2 is 2.19 bits per heavy atom. The molecule has 3 aromatic rings. The fourth-order valence-electron chi connectivity index (χ4n) is 3.79. The second-order valence-corrected chi connectivity index (χ2v) is 8.37. The second-order valence-electron chi connectivity index (χ2n) is 7.37. The molecule has 2 aromatic heterocycles. The highest BCUT2D eigenvalue weighted by molar-refractivity contribution is 7.10. The summed E-state index contributed by atoms with van der Waals surface area (Å²) in [6.07, 6.45) is 3.73. The predicted octanol–water partition coefficient (Wildman–Crippen LogP) is 4.31. The van der Waals surface area contributed by atoms with Crippen molar-refractivity contribution in [2.75, 3.05) is 26.2 Å². The summed E-state index contributed by atoms with van der Waals surface area (Å²) >= 11 is 1.65. The van der Waals surface area contributed by atoms with Gasteiger partial charge in [0.25, 0.3) is 5.91 Å². The van der Waals surface area contributed by atoms with E-state index in [0.717, 1.165) is 12.0 Å². The Morgan fingerprint density at radius 1 is 1.31 bits per heavy atom. The number of halogens is 1. The number of carbonyl (C=O) groups is 2. The third-order valence-corrected chi connectivity index (χ3v) is 6.31. The molecular formula is C24H23FN2O4S. The van der Waals surface area contributed by atoms with Gasteiger partial charge in [-0.1, -0.05) is 12.1 Å². The van der Waals surface area contributed by atoms with Gasteiger partial charge in [0.2, 0.25) is 5.91 Å². The van der Waals surface area contributed by atoms with Crippen molar-refractivity contribution in [1.82, 2.24) is 9.80 Å². The van der Waals surface area contributed by atoms with Gasteiger partial charge in [-0.25, -0.2) is 4.39 Å². The molecule has 0 saturated heterocycles. The van der Waals surface area contributed by atoms with E-state index in [2.05, 4.69) is 6.58 Å². The van der Waals surface area contributed by atoms with Crippen molar-refractivity contribution < 1.29 is 23.1 Å². The van der Waals surface area contributed by atoms with Crippen molar-refractivity contribution in [2.24, 2.45) is 0 Å². The van der Waals surface area contributed by atoms with Crippen LogP contribution in [0.15, 0.2) is 71.2 Å². The zero-order chi connectivity index (χ0) is 22.5. The lowest BCUT2D eigenvalue weighted by Gasteiger charge is -2.37. The minimum Gasteiger partial charge on any atom is -0.491 e. The lowest BCUT2D eigenvalue weighted by atomic mass is 10.0. The number of amides is 2. The zero-order valence-corrected chi connectivity index (χ0v) is 18.2. The molecule has 0 radical (unpaired) electrons. The Morgan fingerprint density at radius 3 is 2.94 bits per heavy atom. The van der Waals surface area contributed by atoms with Crippen LogP contribution in [0.25, 0.3) is 0 Å². The first kappa shape index (κ1) is 21.8. The number of benzene rings is 1. The molecule has 2 amide bonds. The molecule has 1 aromatic carbocycles. The van der Waals surface area contributed by atoms with Crippen LogP contribution < -0.4 is 4.74 Å². The Balaban J connectivity index is 1.52. The summed E-state index contributed by atoms with van der Waals surface area (Å²) in [6, 6.07) is 10.8. The van der Waals surface area contributed by atoms with Crippen LogP contribution >= 0.6 is 11.3 Å². The molecule has 32 heavy (non-hydrogen) atoms. The van der Waals surface area contributed by atoms with E-state index in [1.54, 1.807) is 46.6 Å². The number of hydrogen-bond donors (Lipinski definition) is 0. The van der Waals surface area contributed by atoms with Crippen LogP contribution in [0.5, 0.6) is 5.75 Å². The predicted molar refractivity (Wildman–Crippen MR) is 119 cm³/mol. The minimum absolute atomic E-state index is 0.110. The van der Waals surface area contributed by atoms with Gasteiger partial charge in [0.15, 0.2) is 5.76 Å². The van der Waals surface area contributed by atoms with Crippen molar-refractivity contribution in [3.8, 4) is 5.75 Å². The van der Waals surface area contributed by atoms with Crippen molar-refractivity contribution >= 4 is 23.2 Å². The summed E-state index contributed by atoms with van der Waals surface area (Å²) in [6.45, 7) is 4.50. The number of fused-ring (bicyclic) bond motifs is 1. The summed E-state index contributed by atoms with van der Waals surface area (Å²) in [5.41, 5.74) is 1.03. The highest BCUT2D eigenvalue weighted by Crippen LogP contribution is 2.34. The van der Waals surface area contributed by atoms with Gasteiger partial charge in [0.1, 0.15) is 24.7 Å². The Kier molecular flexibility index (Phi) is 6.70. The van der Waals surface area contributed by atoms with E-state index in [-0.39, 0.29) is 49.1 Å². The summed E-state index contributed by atoms with van der Waals surface area (Å²) in [5.74, 6) is -0.377. The molecule has 6 nitrogen and oxygen atoms in total. The van der Waals surface area contributed by atoms with Gasteiger partial charge in [-0.2, -0.15) is 0 Å². The smallest absolute Gasteiger partial charge is 0.290 e. The summed E-state index contributed by atoms with van der Waals surface area (Å²) in [7, 11) is 0. The number of thiophene rings is 1. The molecule has 166 valence electrons. The number of nitrogens with zero attached hydrogens (tertiary/aromatic N) is 2. The van der Waals surface area contributed by atoms with E-state index in [9.17, 15) is 14.0 Å². The number of rotatable bonds is 8. The number of hydrogen-bond acceptors (Lipinski definition) is 5. The third-order valence-electron chi connectivity index (χ3n) is 5.31. The van der Waals surface area contributed by atoms with Gasteiger partial charge >= 0.3 is 0 Å². The molecule has 0 spiro atoms. The number of furan rings is 1. The average molecular weight is 455 g/mol. The van der Waals surface area contributed by atoms with Crippen LogP contribution in [0, 0.1) is 5.82 Å². The van der Waals surface area contributed by atoms with E-state index in [0.29, 0.717) is 12.3 Å². The van der Waals surface area contributed by atoms with Gasteiger partial charge in [0, 0.05) is 24.0 Å². The molecule has 1 aliphatic rings. The lowest BCUT2D eigenvalue weighted by Crippen LogP contribution is -2.47. The minimum atomic E-state index is -0.383. The highest BCUT2D eigenvalue weighted by Gasteiger charge is 2.33. The maximum absolute atomic E-state index is 13.5. The van der Waals surface area contributed by atoms with Crippen LogP contribution in [0.3, 0.4) is 0 Å². The Bertz CT molecular complexity index is 1100. The van der Waals surface area contributed by atoms with Crippen LogP contribution in [0.1, 0.15) is 27.0 Å². The fraction of sp³-hybridized carbons (Fsp3) is 0.250. The Hall–Kier alpha value is -3.39. The van der Waals surface area contributed by atoms with Crippen molar-refractivity contribution in [1.29, 1.82) is 0 Å². The van der Waals surface area contributed by atoms with Gasteiger partial charge < -0.3 is 19.0 Å². The molecule has 1 aliphatic heterocycles. The van der Waals surface area contributed by atoms with Crippen molar-refractivity contribution in [3.05, 3.63) is 88.8 Å². The maximum Gasteiger partial charge on any atom is 0.290 e. The van der Waals surface area contributed by atoms with Crippen LogP contribution in [-0.4, -0.2) is 47.9 Å². The molecule has 0 saturated carbocycles. The summed E-state index contributed by atoms with van der Waals surface area (Å²) in [5, 5.41) is 2.00. The zero-order valence-electron chi connectivity index (χ0n) is 17.4. The monoisotopic (exact) mass is 454 g/mol. The van der Waals surface area contributed by atoms with E-state index in [1.807, 2.05) is 11.4 Å². The highest BCUT2D eigenvalue weighted by atomic mass is 32.1. The SMILES string of the molecule is C=CCN(CC(=O)N1CCc2sccc2[C@H]1COc1cccc(F)c1)C(=O)c1ccco1.